The van der Waals surface area contributed by atoms with Gasteiger partial charge in [-0.3, -0.25) is 4.90 Å². The van der Waals surface area contributed by atoms with Crippen LogP contribution < -0.4 is 10.7 Å². The molecule has 0 aromatic rings. The lowest BCUT2D eigenvalue weighted by molar-refractivity contribution is -0.146. The predicted molar refractivity (Wildman–Crippen MR) is 108 cm³/mol. The van der Waals surface area contributed by atoms with Crippen molar-refractivity contribution in [1.29, 1.82) is 0 Å². The number of amides is 1. The van der Waals surface area contributed by atoms with Crippen molar-refractivity contribution in [1.82, 2.24) is 15.6 Å². The van der Waals surface area contributed by atoms with Gasteiger partial charge in [0.1, 0.15) is 11.6 Å². The Bertz CT molecular complexity index is 475. The first kappa shape index (κ1) is 25.3. The molecule has 0 bridgehead atoms. The number of esters is 1. The second-order valence-corrected chi connectivity index (χ2v) is 7.31. The van der Waals surface area contributed by atoms with E-state index < -0.39 is 17.7 Å². The van der Waals surface area contributed by atoms with Crippen LogP contribution in [0.5, 0.6) is 0 Å². The highest BCUT2D eigenvalue weighted by Gasteiger charge is 2.30. The zero-order valence-corrected chi connectivity index (χ0v) is 18.1. The van der Waals surface area contributed by atoms with Crippen LogP contribution in [0.3, 0.4) is 0 Å². The van der Waals surface area contributed by atoms with Gasteiger partial charge >= 0.3 is 12.1 Å². The molecular formula is C19H38N4O4. The molecule has 0 spiro atoms. The van der Waals surface area contributed by atoms with Gasteiger partial charge in [-0.2, -0.15) is 5.10 Å². The Morgan fingerprint density at radius 1 is 1.07 bits per heavy atom. The van der Waals surface area contributed by atoms with Crippen LogP contribution in [-0.2, 0) is 14.3 Å². The highest BCUT2D eigenvalue weighted by Crippen LogP contribution is 2.08. The minimum absolute atomic E-state index is 0.288. The molecular weight excluding hydrogens is 348 g/mol. The van der Waals surface area contributed by atoms with Gasteiger partial charge in [0.05, 0.1) is 12.3 Å². The molecule has 0 radical (unpaired) electrons. The predicted octanol–water partition coefficient (Wildman–Crippen LogP) is 2.53. The fraction of sp³-hybridized carbons (Fsp3) is 0.842. The van der Waals surface area contributed by atoms with Crippen molar-refractivity contribution in [3.05, 3.63) is 0 Å². The SMILES string of the molecule is CCCNCCN(CCC)C(C(=O)OCC)/C(C)=N/NC(=O)OC(C)(C)C. The normalized spacial score (nSPS) is 13.4. The van der Waals surface area contributed by atoms with E-state index in [1.807, 2.05) is 4.90 Å². The number of carbonyl (C=O) groups excluding carboxylic acids is 2. The Morgan fingerprint density at radius 3 is 2.26 bits per heavy atom. The summed E-state index contributed by atoms with van der Waals surface area (Å²) in [6.07, 6.45) is 1.28. The summed E-state index contributed by atoms with van der Waals surface area (Å²) >= 11 is 0. The molecule has 0 saturated heterocycles. The van der Waals surface area contributed by atoms with Crippen LogP contribution in [0, 0.1) is 0 Å². The quantitative estimate of drug-likeness (QED) is 0.232. The minimum atomic E-state index is -0.656. The van der Waals surface area contributed by atoms with Crippen LogP contribution in [0.1, 0.15) is 61.3 Å². The summed E-state index contributed by atoms with van der Waals surface area (Å²) in [6, 6.07) is -0.650. The third-order valence-electron chi connectivity index (χ3n) is 3.51. The first-order valence-corrected chi connectivity index (χ1v) is 9.80. The van der Waals surface area contributed by atoms with Gasteiger partial charge < -0.3 is 14.8 Å². The molecule has 0 aromatic heterocycles. The van der Waals surface area contributed by atoms with Crippen LogP contribution in [0.25, 0.3) is 0 Å². The van der Waals surface area contributed by atoms with E-state index in [1.165, 1.54) is 0 Å². The van der Waals surface area contributed by atoms with Crippen LogP contribution in [0.4, 0.5) is 4.79 Å². The van der Waals surface area contributed by atoms with Crippen LogP contribution in [0.15, 0.2) is 5.10 Å². The first-order valence-electron chi connectivity index (χ1n) is 9.80. The molecule has 2 N–H and O–H groups in total. The Kier molecular flexibility index (Phi) is 12.7. The van der Waals surface area contributed by atoms with Crippen LogP contribution in [0.2, 0.25) is 0 Å². The van der Waals surface area contributed by atoms with Gasteiger partial charge in [-0.25, -0.2) is 15.0 Å². The maximum atomic E-state index is 12.6. The Labute approximate surface area is 164 Å². The molecule has 1 amide bonds. The average molecular weight is 387 g/mol. The molecule has 1 unspecified atom stereocenters. The maximum absolute atomic E-state index is 12.6. The Hall–Kier alpha value is -1.67. The zero-order chi connectivity index (χ0) is 20.9. The molecule has 0 saturated carbocycles. The number of hydrazone groups is 1. The van der Waals surface area contributed by atoms with Crippen LogP contribution in [-0.4, -0.2) is 67.1 Å². The summed E-state index contributed by atoms with van der Waals surface area (Å²) in [4.78, 5) is 26.4. The second kappa shape index (κ2) is 13.5. The summed E-state index contributed by atoms with van der Waals surface area (Å²) in [5.41, 5.74) is 2.21. The van der Waals surface area contributed by atoms with Crippen molar-refractivity contribution in [3.63, 3.8) is 0 Å². The highest BCUT2D eigenvalue weighted by molar-refractivity contribution is 6.05. The standard InChI is InChI=1S/C19H38N4O4/c1-8-11-20-12-14-23(13-9-2)16(17(24)26-10-3)15(4)21-22-18(25)27-19(5,6)7/h16,20H,8-14H2,1-7H3,(H,22,25)/b21-15+. The molecule has 0 aliphatic carbocycles. The van der Waals surface area contributed by atoms with Crippen molar-refractivity contribution >= 4 is 17.8 Å². The van der Waals surface area contributed by atoms with Gasteiger partial charge in [0.25, 0.3) is 0 Å². The molecule has 1 atom stereocenters. The van der Waals surface area contributed by atoms with Gasteiger partial charge in [-0.15, -0.1) is 0 Å². The summed E-state index contributed by atoms with van der Waals surface area (Å²) < 4.78 is 10.4. The molecule has 27 heavy (non-hydrogen) atoms. The number of ether oxygens (including phenoxy) is 2. The third kappa shape index (κ3) is 11.6. The van der Waals surface area contributed by atoms with Crippen molar-refractivity contribution in [2.75, 3.05) is 32.8 Å². The average Bonchev–Trinajstić information content (AvgIpc) is 2.55. The van der Waals surface area contributed by atoms with Crippen molar-refractivity contribution in [3.8, 4) is 0 Å². The first-order chi connectivity index (χ1) is 12.7. The molecule has 0 aromatic carbocycles. The summed E-state index contributed by atoms with van der Waals surface area (Å²) in [5.74, 6) is -0.367. The smallest absolute Gasteiger partial charge is 0.428 e. The molecule has 8 nitrogen and oxygen atoms in total. The van der Waals surface area contributed by atoms with E-state index >= 15 is 0 Å². The second-order valence-electron chi connectivity index (χ2n) is 7.31. The Balaban J connectivity index is 5.23. The number of hydrogen-bond acceptors (Lipinski definition) is 7. The van der Waals surface area contributed by atoms with E-state index in [9.17, 15) is 9.59 Å². The molecule has 0 aliphatic rings. The lowest BCUT2D eigenvalue weighted by atomic mass is 10.1. The number of hydrogen-bond donors (Lipinski definition) is 2. The summed E-state index contributed by atoms with van der Waals surface area (Å²) in [6.45, 7) is 16.3. The fourth-order valence-electron chi connectivity index (χ4n) is 2.48. The third-order valence-corrected chi connectivity index (χ3v) is 3.51. The number of nitrogens with zero attached hydrogens (tertiary/aromatic N) is 2. The molecule has 0 fully saturated rings. The van der Waals surface area contributed by atoms with Gasteiger partial charge in [0.15, 0.2) is 0 Å². The van der Waals surface area contributed by atoms with E-state index in [-0.39, 0.29) is 12.6 Å². The number of carbonyl (C=O) groups is 2. The number of nitrogens with one attached hydrogen (secondary N) is 2. The van der Waals surface area contributed by atoms with Gasteiger partial charge in [-0.1, -0.05) is 13.8 Å². The fourth-order valence-corrected chi connectivity index (χ4v) is 2.48. The maximum Gasteiger partial charge on any atom is 0.428 e. The van der Waals surface area contributed by atoms with E-state index in [2.05, 4.69) is 29.7 Å². The lowest BCUT2D eigenvalue weighted by Gasteiger charge is -2.29. The van der Waals surface area contributed by atoms with E-state index in [0.29, 0.717) is 12.3 Å². The highest BCUT2D eigenvalue weighted by atomic mass is 16.6. The Morgan fingerprint density at radius 2 is 1.74 bits per heavy atom. The van der Waals surface area contributed by atoms with Crippen molar-refractivity contribution < 1.29 is 19.1 Å². The van der Waals surface area contributed by atoms with Crippen molar-refractivity contribution in [2.45, 2.75) is 73.0 Å². The summed E-state index contributed by atoms with van der Waals surface area (Å²) in [7, 11) is 0. The number of rotatable bonds is 12. The monoisotopic (exact) mass is 386 g/mol. The molecule has 8 heteroatoms. The van der Waals surface area contributed by atoms with E-state index in [1.54, 1.807) is 34.6 Å². The largest absolute Gasteiger partial charge is 0.465 e. The minimum Gasteiger partial charge on any atom is -0.465 e. The van der Waals surface area contributed by atoms with E-state index in [4.69, 9.17) is 9.47 Å². The lowest BCUT2D eigenvalue weighted by Crippen LogP contribution is -2.50. The molecule has 0 rings (SSSR count). The summed E-state index contributed by atoms with van der Waals surface area (Å²) in [5, 5.41) is 7.43. The van der Waals surface area contributed by atoms with Gasteiger partial charge in [-0.05, 0) is 60.5 Å². The topological polar surface area (TPSA) is 92.3 Å². The molecule has 158 valence electrons. The molecule has 0 heterocycles. The zero-order valence-electron chi connectivity index (χ0n) is 18.1. The van der Waals surface area contributed by atoms with Gasteiger partial charge in [0.2, 0.25) is 0 Å². The molecule has 0 aliphatic heterocycles. The van der Waals surface area contributed by atoms with E-state index in [0.717, 1.165) is 32.5 Å². The van der Waals surface area contributed by atoms with Crippen molar-refractivity contribution in [2.24, 2.45) is 5.10 Å². The van der Waals surface area contributed by atoms with Gasteiger partial charge in [0, 0.05) is 13.1 Å². The van der Waals surface area contributed by atoms with Crippen LogP contribution >= 0.6 is 0 Å².